The van der Waals surface area contributed by atoms with Crippen LogP contribution in [0.2, 0.25) is 0 Å². The van der Waals surface area contributed by atoms with Crippen molar-refractivity contribution in [3.8, 4) is 0 Å². The number of hydrogen-bond acceptors (Lipinski definition) is 3. The minimum atomic E-state index is -0.549. The maximum atomic E-state index is 12.6. The van der Waals surface area contributed by atoms with E-state index < -0.39 is 5.95 Å². The highest BCUT2D eigenvalue weighted by Gasteiger charge is 2.24. The third-order valence-electron chi connectivity index (χ3n) is 3.14. The molecule has 1 aromatic heterocycles. The summed E-state index contributed by atoms with van der Waals surface area (Å²) in [6.07, 6.45) is 4.74. The minimum absolute atomic E-state index is 0.0138. The second-order valence-electron chi connectivity index (χ2n) is 4.47. The van der Waals surface area contributed by atoms with E-state index in [1.165, 1.54) is 18.3 Å². The van der Waals surface area contributed by atoms with Crippen LogP contribution in [0, 0.1) is 11.9 Å². The number of amides is 1. The Morgan fingerprint density at radius 2 is 2.06 bits per heavy atom. The van der Waals surface area contributed by atoms with Gasteiger partial charge in [-0.3, -0.25) is 4.79 Å². The van der Waals surface area contributed by atoms with Crippen LogP contribution in [0.3, 0.4) is 0 Å². The molecule has 5 heteroatoms. The number of carbonyl (C=O) groups excluding carboxylic acids is 1. The van der Waals surface area contributed by atoms with Gasteiger partial charge in [-0.05, 0) is 37.8 Å². The lowest BCUT2D eigenvalue weighted by Crippen LogP contribution is -2.32. The molecular formula is C12H16FN3O. The highest BCUT2D eigenvalue weighted by Crippen LogP contribution is 2.24. The highest BCUT2D eigenvalue weighted by atomic mass is 19.1. The molecule has 17 heavy (non-hydrogen) atoms. The quantitative estimate of drug-likeness (QED) is 0.769. The zero-order chi connectivity index (χ0) is 12.3. The standard InChI is InChI=1S/C12H16FN3O/c13-11-6-5-10(7-15-11)16-12(17)8-1-3-9(14)4-2-8/h5-9H,1-4,14H2,(H,16,17). The van der Waals surface area contributed by atoms with Crippen LogP contribution in [-0.2, 0) is 4.79 Å². The van der Waals surface area contributed by atoms with E-state index in [2.05, 4.69) is 10.3 Å². The summed E-state index contributed by atoms with van der Waals surface area (Å²) in [6, 6.07) is 2.97. The molecule has 0 bridgehead atoms. The fourth-order valence-corrected chi connectivity index (χ4v) is 2.08. The van der Waals surface area contributed by atoms with E-state index in [4.69, 9.17) is 5.73 Å². The molecule has 92 valence electrons. The number of rotatable bonds is 2. The number of pyridine rings is 1. The molecular weight excluding hydrogens is 221 g/mol. The molecule has 1 amide bonds. The van der Waals surface area contributed by atoms with Gasteiger partial charge in [0.1, 0.15) is 0 Å². The Balaban J connectivity index is 1.90. The SMILES string of the molecule is NC1CCC(C(=O)Nc2ccc(F)nc2)CC1. The van der Waals surface area contributed by atoms with E-state index in [0.717, 1.165) is 25.7 Å². The van der Waals surface area contributed by atoms with E-state index in [1.54, 1.807) is 0 Å². The first-order chi connectivity index (χ1) is 8.15. The van der Waals surface area contributed by atoms with Gasteiger partial charge in [0.15, 0.2) is 0 Å². The van der Waals surface area contributed by atoms with Crippen molar-refractivity contribution in [3.05, 3.63) is 24.3 Å². The first-order valence-corrected chi connectivity index (χ1v) is 5.83. The Labute approximate surface area is 99.4 Å². The van der Waals surface area contributed by atoms with Crippen LogP contribution < -0.4 is 11.1 Å². The van der Waals surface area contributed by atoms with E-state index in [9.17, 15) is 9.18 Å². The average Bonchev–Trinajstić information content (AvgIpc) is 2.33. The molecule has 1 aromatic rings. The molecule has 0 radical (unpaired) electrons. The Kier molecular flexibility index (Phi) is 3.68. The van der Waals surface area contributed by atoms with E-state index >= 15 is 0 Å². The van der Waals surface area contributed by atoms with Crippen molar-refractivity contribution in [2.45, 2.75) is 31.7 Å². The third-order valence-corrected chi connectivity index (χ3v) is 3.14. The summed E-state index contributed by atoms with van der Waals surface area (Å²) >= 11 is 0. The molecule has 1 heterocycles. The monoisotopic (exact) mass is 237 g/mol. The highest BCUT2D eigenvalue weighted by molar-refractivity contribution is 5.92. The molecule has 1 aliphatic rings. The zero-order valence-electron chi connectivity index (χ0n) is 9.53. The summed E-state index contributed by atoms with van der Waals surface area (Å²) in [5.41, 5.74) is 6.32. The first-order valence-electron chi connectivity index (χ1n) is 5.83. The molecule has 1 fully saturated rings. The van der Waals surface area contributed by atoms with Gasteiger partial charge in [0.25, 0.3) is 0 Å². The van der Waals surface area contributed by atoms with Crippen molar-refractivity contribution >= 4 is 11.6 Å². The van der Waals surface area contributed by atoms with Crippen molar-refractivity contribution in [2.24, 2.45) is 11.7 Å². The van der Waals surface area contributed by atoms with Gasteiger partial charge in [0.05, 0.1) is 11.9 Å². The zero-order valence-corrected chi connectivity index (χ0v) is 9.53. The van der Waals surface area contributed by atoms with Crippen molar-refractivity contribution in [3.63, 3.8) is 0 Å². The lowest BCUT2D eigenvalue weighted by molar-refractivity contribution is -0.120. The van der Waals surface area contributed by atoms with Gasteiger partial charge in [-0.15, -0.1) is 0 Å². The van der Waals surface area contributed by atoms with E-state index in [1.807, 2.05) is 0 Å². The first kappa shape index (κ1) is 12.0. The third kappa shape index (κ3) is 3.23. The van der Waals surface area contributed by atoms with Crippen molar-refractivity contribution < 1.29 is 9.18 Å². The largest absolute Gasteiger partial charge is 0.328 e. The van der Waals surface area contributed by atoms with Gasteiger partial charge in [0, 0.05) is 12.0 Å². The van der Waals surface area contributed by atoms with Gasteiger partial charge in [-0.2, -0.15) is 4.39 Å². The summed E-state index contributed by atoms with van der Waals surface area (Å²) in [7, 11) is 0. The molecule has 1 aliphatic carbocycles. The van der Waals surface area contributed by atoms with Crippen molar-refractivity contribution in [1.29, 1.82) is 0 Å². The number of nitrogens with zero attached hydrogens (tertiary/aromatic N) is 1. The van der Waals surface area contributed by atoms with Gasteiger partial charge in [-0.1, -0.05) is 0 Å². The molecule has 0 unspecified atom stereocenters. The Hall–Kier alpha value is -1.49. The minimum Gasteiger partial charge on any atom is -0.328 e. The van der Waals surface area contributed by atoms with Gasteiger partial charge in [-0.25, -0.2) is 4.98 Å². The maximum absolute atomic E-state index is 12.6. The van der Waals surface area contributed by atoms with Crippen LogP contribution in [0.15, 0.2) is 18.3 Å². The fourth-order valence-electron chi connectivity index (χ4n) is 2.08. The summed E-state index contributed by atoms with van der Waals surface area (Å²) in [6.45, 7) is 0. The number of aromatic nitrogens is 1. The number of anilines is 1. The molecule has 0 atom stereocenters. The molecule has 0 aliphatic heterocycles. The normalized spacial score (nSPS) is 24.4. The van der Waals surface area contributed by atoms with Crippen LogP contribution in [0.25, 0.3) is 0 Å². The van der Waals surface area contributed by atoms with Crippen LogP contribution >= 0.6 is 0 Å². The lowest BCUT2D eigenvalue weighted by Gasteiger charge is -2.25. The van der Waals surface area contributed by atoms with Crippen molar-refractivity contribution in [1.82, 2.24) is 4.98 Å². The molecule has 0 saturated heterocycles. The number of halogens is 1. The van der Waals surface area contributed by atoms with Crippen molar-refractivity contribution in [2.75, 3.05) is 5.32 Å². The molecule has 1 saturated carbocycles. The molecule has 0 aromatic carbocycles. The van der Waals surface area contributed by atoms with E-state index in [-0.39, 0.29) is 17.9 Å². The van der Waals surface area contributed by atoms with Crippen LogP contribution in [0.5, 0.6) is 0 Å². The second-order valence-corrected chi connectivity index (χ2v) is 4.47. The fraction of sp³-hybridized carbons (Fsp3) is 0.500. The number of carbonyl (C=O) groups is 1. The second kappa shape index (κ2) is 5.23. The average molecular weight is 237 g/mol. The van der Waals surface area contributed by atoms with Gasteiger partial charge >= 0.3 is 0 Å². The lowest BCUT2D eigenvalue weighted by atomic mass is 9.86. The summed E-state index contributed by atoms with van der Waals surface area (Å²) in [5.74, 6) is -0.559. The summed E-state index contributed by atoms with van der Waals surface area (Å²) in [5, 5.41) is 2.74. The Bertz CT molecular complexity index is 385. The smallest absolute Gasteiger partial charge is 0.227 e. The van der Waals surface area contributed by atoms with Crippen LogP contribution in [-0.4, -0.2) is 16.9 Å². The molecule has 0 spiro atoms. The molecule has 4 nitrogen and oxygen atoms in total. The van der Waals surface area contributed by atoms with Gasteiger partial charge in [0.2, 0.25) is 11.9 Å². The molecule has 3 N–H and O–H groups in total. The van der Waals surface area contributed by atoms with Crippen LogP contribution in [0.4, 0.5) is 10.1 Å². The van der Waals surface area contributed by atoms with Gasteiger partial charge < -0.3 is 11.1 Å². The topological polar surface area (TPSA) is 68.0 Å². The van der Waals surface area contributed by atoms with E-state index in [0.29, 0.717) is 5.69 Å². The summed E-state index contributed by atoms with van der Waals surface area (Å²) < 4.78 is 12.6. The predicted octanol–water partition coefficient (Wildman–Crippen LogP) is 1.68. The predicted molar refractivity (Wildman–Crippen MR) is 62.8 cm³/mol. The maximum Gasteiger partial charge on any atom is 0.227 e. The Morgan fingerprint density at radius 1 is 1.35 bits per heavy atom. The molecule has 2 rings (SSSR count). The number of hydrogen-bond donors (Lipinski definition) is 2. The van der Waals surface area contributed by atoms with Crippen LogP contribution in [0.1, 0.15) is 25.7 Å². The number of nitrogens with two attached hydrogens (primary N) is 1. The Morgan fingerprint density at radius 3 is 2.65 bits per heavy atom. The summed E-state index contributed by atoms with van der Waals surface area (Å²) in [4.78, 5) is 15.4. The number of nitrogens with one attached hydrogen (secondary N) is 1.